The summed E-state index contributed by atoms with van der Waals surface area (Å²) in [5.41, 5.74) is 0.860. The van der Waals surface area contributed by atoms with Gasteiger partial charge in [0.2, 0.25) is 17.4 Å². The quantitative estimate of drug-likeness (QED) is 0.280. The first-order valence-electron chi connectivity index (χ1n) is 5.71. The van der Waals surface area contributed by atoms with E-state index in [4.69, 9.17) is 9.99 Å². The van der Waals surface area contributed by atoms with E-state index >= 15 is 0 Å². The Labute approximate surface area is 126 Å². The van der Waals surface area contributed by atoms with Gasteiger partial charge in [0, 0.05) is 0 Å². The zero-order valence-electron chi connectivity index (χ0n) is 10.9. The van der Waals surface area contributed by atoms with E-state index in [1.165, 1.54) is 12.1 Å². The molecule has 0 fully saturated rings. The summed E-state index contributed by atoms with van der Waals surface area (Å²) in [6.07, 6.45) is 0. The second kappa shape index (κ2) is 6.97. The van der Waals surface area contributed by atoms with Crippen molar-refractivity contribution in [1.82, 2.24) is 0 Å². The Morgan fingerprint density at radius 3 is 1.95 bits per heavy atom. The van der Waals surface area contributed by atoms with Crippen LogP contribution in [0.25, 0.3) is 0 Å². The highest BCUT2D eigenvalue weighted by Crippen LogP contribution is 2.37. The molecule has 0 radical (unpaired) electrons. The molecular weight excluding hydrogens is 328 g/mol. The van der Waals surface area contributed by atoms with Crippen LogP contribution in [-0.2, 0) is 9.37 Å². The van der Waals surface area contributed by atoms with Crippen molar-refractivity contribution in [3.63, 3.8) is 0 Å². The lowest BCUT2D eigenvalue weighted by molar-refractivity contribution is -0.432. The molecule has 0 atom stereocenters. The van der Waals surface area contributed by atoms with E-state index in [0.29, 0.717) is 0 Å². The number of hydrogen-bond donors (Lipinski definition) is 1. The lowest BCUT2D eigenvalue weighted by Gasteiger charge is -2.11. The highest BCUT2D eigenvalue weighted by Gasteiger charge is 2.28. The Hall–Kier alpha value is -1.81. The van der Waals surface area contributed by atoms with Crippen LogP contribution in [0.1, 0.15) is 5.56 Å². The monoisotopic (exact) mass is 336 g/mol. The van der Waals surface area contributed by atoms with Gasteiger partial charge in [0.05, 0.1) is 12.0 Å². The molecule has 0 saturated heterocycles. The van der Waals surface area contributed by atoms with Crippen LogP contribution in [0.15, 0.2) is 29.2 Å². The summed E-state index contributed by atoms with van der Waals surface area (Å²) in [6, 6.07) is 5.95. The number of benzene rings is 2. The van der Waals surface area contributed by atoms with Gasteiger partial charge in [-0.3, -0.25) is 0 Å². The highest BCUT2D eigenvalue weighted by molar-refractivity contribution is 7.94. The molecule has 0 aliphatic heterocycles. The van der Waals surface area contributed by atoms with Gasteiger partial charge in [0.1, 0.15) is 10.6 Å². The van der Waals surface area contributed by atoms with Gasteiger partial charge in [-0.1, -0.05) is 22.7 Å². The topological polar surface area (TPSA) is 47.9 Å². The van der Waals surface area contributed by atoms with Gasteiger partial charge < -0.3 is 4.74 Å². The summed E-state index contributed by atoms with van der Waals surface area (Å²) in [5, 5.41) is 11.0. The number of halogens is 4. The summed E-state index contributed by atoms with van der Waals surface area (Å²) in [6.45, 7) is 1.78. The first-order valence-corrected chi connectivity index (χ1v) is 6.45. The molecule has 2 aromatic rings. The van der Waals surface area contributed by atoms with E-state index in [0.717, 1.165) is 5.56 Å². The zero-order chi connectivity index (χ0) is 16.3. The number of aryl methyl sites for hydroxylation is 1. The predicted molar refractivity (Wildman–Crippen MR) is 68.2 cm³/mol. The van der Waals surface area contributed by atoms with Crippen LogP contribution in [-0.4, -0.2) is 5.26 Å². The van der Waals surface area contributed by atoms with Crippen LogP contribution in [0.2, 0.25) is 0 Å². The average molecular weight is 336 g/mol. The van der Waals surface area contributed by atoms with Crippen molar-refractivity contribution in [3.8, 4) is 11.5 Å². The Morgan fingerprint density at radius 1 is 0.909 bits per heavy atom. The molecule has 0 aliphatic rings. The molecule has 2 aromatic carbocycles. The van der Waals surface area contributed by atoms with Gasteiger partial charge in [0.15, 0.2) is 11.6 Å². The minimum absolute atomic E-state index is 0.00227. The third kappa shape index (κ3) is 3.33. The minimum Gasteiger partial charge on any atom is -0.451 e. The first-order chi connectivity index (χ1) is 10.5. The Morgan fingerprint density at radius 2 is 1.45 bits per heavy atom. The number of hydrogen-bond acceptors (Lipinski definition) is 5. The van der Waals surface area contributed by atoms with E-state index < -0.39 is 33.9 Å². The van der Waals surface area contributed by atoms with Crippen molar-refractivity contribution in [2.75, 3.05) is 0 Å². The van der Waals surface area contributed by atoms with Crippen LogP contribution >= 0.6 is 12.0 Å². The van der Waals surface area contributed by atoms with Crippen molar-refractivity contribution in [1.29, 1.82) is 0 Å². The summed E-state index contributed by atoms with van der Waals surface area (Å²) >= 11 is -0.239. The fourth-order valence-corrected chi connectivity index (χ4v) is 1.95. The van der Waals surface area contributed by atoms with Crippen molar-refractivity contribution in [2.24, 2.45) is 0 Å². The molecule has 118 valence electrons. The van der Waals surface area contributed by atoms with Crippen LogP contribution in [0.5, 0.6) is 11.5 Å². The van der Waals surface area contributed by atoms with Gasteiger partial charge in [-0.05, 0) is 19.1 Å². The van der Waals surface area contributed by atoms with Crippen molar-refractivity contribution in [2.45, 2.75) is 11.8 Å². The van der Waals surface area contributed by atoms with E-state index in [1.54, 1.807) is 19.1 Å². The van der Waals surface area contributed by atoms with Crippen LogP contribution in [0, 0.1) is 30.2 Å². The SMILES string of the molecule is Cc1ccc(Oc2c(F)c(F)c(SOOO)c(F)c2F)cc1. The normalized spacial score (nSPS) is 10.8. The molecule has 22 heavy (non-hydrogen) atoms. The van der Waals surface area contributed by atoms with E-state index in [2.05, 4.69) is 9.37 Å². The largest absolute Gasteiger partial charge is 0.451 e. The van der Waals surface area contributed by atoms with Crippen LogP contribution in [0.3, 0.4) is 0 Å². The van der Waals surface area contributed by atoms with Crippen molar-refractivity contribution in [3.05, 3.63) is 53.1 Å². The molecule has 0 spiro atoms. The minimum atomic E-state index is -1.75. The molecule has 0 bridgehead atoms. The smallest absolute Gasteiger partial charge is 0.205 e. The fourth-order valence-electron chi connectivity index (χ4n) is 1.53. The molecule has 0 amide bonds. The van der Waals surface area contributed by atoms with E-state index in [-0.39, 0.29) is 17.8 Å². The van der Waals surface area contributed by atoms with Gasteiger partial charge in [-0.2, -0.15) is 8.78 Å². The first kappa shape index (κ1) is 16.6. The third-order valence-electron chi connectivity index (χ3n) is 2.57. The molecule has 0 aliphatic carbocycles. The molecule has 0 heterocycles. The summed E-state index contributed by atoms with van der Waals surface area (Å²) in [7, 11) is 0. The third-order valence-corrected chi connectivity index (χ3v) is 3.23. The molecule has 1 N–H and O–H groups in total. The van der Waals surface area contributed by atoms with Crippen LogP contribution in [0.4, 0.5) is 17.6 Å². The van der Waals surface area contributed by atoms with Crippen molar-refractivity contribution >= 4 is 12.0 Å². The molecule has 0 saturated carbocycles. The Kier molecular flexibility index (Phi) is 5.24. The Balaban J connectivity index is 2.42. The molecule has 0 unspecified atom stereocenters. The van der Waals surface area contributed by atoms with Gasteiger partial charge in [-0.15, -0.1) is 4.33 Å². The summed E-state index contributed by atoms with van der Waals surface area (Å²) in [5.74, 6) is -8.22. The van der Waals surface area contributed by atoms with Crippen LogP contribution < -0.4 is 4.74 Å². The maximum absolute atomic E-state index is 13.8. The number of ether oxygens (including phenoxy) is 1. The van der Waals surface area contributed by atoms with E-state index in [1.807, 2.05) is 0 Å². The van der Waals surface area contributed by atoms with Gasteiger partial charge in [0.25, 0.3) is 0 Å². The molecule has 9 heteroatoms. The lowest BCUT2D eigenvalue weighted by atomic mass is 10.2. The predicted octanol–water partition coefficient (Wildman–Crippen LogP) is 4.77. The maximum Gasteiger partial charge on any atom is 0.205 e. The second-order valence-electron chi connectivity index (χ2n) is 4.06. The van der Waals surface area contributed by atoms with E-state index in [9.17, 15) is 17.6 Å². The lowest BCUT2D eigenvalue weighted by Crippen LogP contribution is -2.03. The standard InChI is InChI=1S/C13H8F4O4S/c1-6-2-4-7(5-3-6)19-12-8(14)10(16)13(22-21-20-18)11(17)9(12)15/h2-5,18H,1H3. The highest BCUT2D eigenvalue weighted by atomic mass is 32.2. The van der Waals surface area contributed by atoms with Crippen molar-refractivity contribution < 1.29 is 36.9 Å². The average Bonchev–Trinajstić information content (AvgIpc) is 2.51. The summed E-state index contributed by atoms with van der Waals surface area (Å²) < 4.78 is 63.7. The molecule has 4 nitrogen and oxygen atoms in total. The molecule has 0 aromatic heterocycles. The van der Waals surface area contributed by atoms with Gasteiger partial charge >= 0.3 is 0 Å². The zero-order valence-corrected chi connectivity index (χ0v) is 11.7. The number of rotatable bonds is 5. The second-order valence-corrected chi connectivity index (χ2v) is 4.77. The molecular formula is C13H8F4O4S. The maximum atomic E-state index is 13.8. The van der Waals surface area contributed by atoms with Gasteiger partial charge in [-0.25, -0.2) is 14.0 Å². The molecule has 2 rings (SSSR count). The summed E-state index contributed by atoms with van der Waals surface area (Å²) in [4.78, 5) is -1.17. The fraction of sp³-hybridized carbons (Fsp3) is 0.0769. The Bertz CT molecular complexity index is 650.